The highest BCUT2D eigenvalue weighted by Crippen LogP contribution is 2.17. The summed E-state index contributed by atoms with van der Waals surface area (Å²) in [6.07, 6.45) is 1.47. The third-order valence-corrected chi connectivity index (χ3v) is 1.75. The van der Waals surface area contributed by atoms with E-state index in [0.717, 1.165) is 0 Å². The van der Waals surface area contributed by atoms with E-state index in [-0.39, 0.29) is 5.57 Å². The minimum Gasteiger partial charge on any atom is -0.347 e. The van der Waals surface area contributed by atoms with Gasteiger partial charge in [-0.25, -0.2) is 4.79 Å². The molecule has 15 heavy (non-hydrogen) atoms. The van der Waals surface area contributed by atoms with Crippen LogP contribution in [0.5, 0.6) is 0 Å². The second kappa shape index (κ2) is 6.55. The molecule has 0 radical (unpaired) electrons. The molecule has 0 aliphatic carbocycles. The molecular formula is C10H18O5. The molecule has 0 atom stereocenters. The Morgan fingerprint density at radius 2 is 1.80 bits per heavy atom. The van der Waals surface area contributed by atoms with Crippen molar-refractivity contribution in [2.75, 3.05) is 13.2 Å². The van der Waals surface area contributed by atoms with E-state index in [4.69, 9.17) is 14.7 Å². The summed E-state index contributed by atoms with van der Waals surface area (Å²) < 4.78 is 10.7. The Morgan fingerprint density at radius 1 is 1.33 bits per heavy atom. The summed E-state index contributed by atoms with van der Waals surface area (Å²) in [5.74, 6) is -1.79. The van der Waals surface area contributed by atoms with Gasteiger partial charge in [0, 0.05) is 18.8 Å². The summed E-state index contributed by atoms with van der Waals surface area (Å²) in [6.45, 7) is 7.75. The molecule has 0 saturated carbocycles. The molecule has 0 aromatic carbocycles. The second-order valence-corrected chi connectivity index (χ2v) is 3.09. The maximum Gasteiger partial charge on any atom is 0.368 e. The molecule has 0 spiro atoms. The first kappa shape index (κ1) is 14.1. The first-order valence-corrected chi connectivity index (χ1v) is 4.82. The lowest BCUT2D eigenvalue weighted by Crippen LogP contribution is -2.31. The van der Waals surface area contributed by atoms with Crippen molar-refractivity contribution in [2.24, 2.45) is 0 Å². The monoisotopic (exact) mass is 218 g/mol. The molecule has 0 bridgehead atoms. The van der Waals surface area contributed by atoms with Crippen LogP contribution >= 0.6 is 0 Å². The molecule has 5 nitrogen and oxygen atoms in total. The van der Waals surface area contributed by atoms with Gasteiger partial charge in [-0.2, -0.15) is 5.26 Å². The fraction of sp³-hybridized carbons (Fsp3) is 0.700. The Balaban J connectivity index is 4.70. The van der Waals surface area contributed by atoms with Gasteiger partial charge in [-0.1, -0.05) is 0 Å². The van der Waals surface area contributed by atoms with Crippen molar-refractivity contribution in [3.05, 3.63) is 11.6 Å². The Bertz CT molecular complexity index is 228. The van der Waals surface area contributed by atoms with Crippen molar-refractivity contribution in [2.45, 2.75) is 33.5 Å². The Hall–Kier alpha value is -0.910. The highest BCUT2D eigenvalue weighted by atomic mass is 17.1. The van der Waals surface area contributed by atoms with Crippen LogP contribution in [0.3, 0.4) is 0 Å². The second-order valence-electron chi connectivity index (χ2n) is 3.09. The van der Waals surface area contributed by atoms with Gasteiger partial charge in [-0.05, 0) is 33.8 Å². The average Bonchev–Trinajstić information content (AvgIpc) is 2.16. The van der Waals surface area contributed by atoms with Crippen LogP contribution in [0.15, 0.2) is 11.6 Å². The smallest absolute Gasteiger partial charge is 0.347 e. The van der Waals surface area contributed by atoms with E-state index in [1.54, 1.807) is 6.92 Å². The molecule has 0 fully saturated rings. The first-order chi connectivity index (χ1) is 6.99. The quantitative estimate of drug-likeness (QED) is 0.318. The van der Waals surface area contributed by atoms with Gasteiger partial charge in [0.1, 0.15) is 0 Å². The van der Waals surface area contributed by atoms with E-state index in [0.29, 0.717) is 13.2 Å². The minimum absolute atomic E-state index is 0.224. The fourth-order valence-corrected chi connectivity index (χ4v) is 1.22. The van der Waals surface area contributed by atoms with Crippen molar-refractivity contribution < 1.29 is 24.4 Å². The van der Waals surface area contributed by atoms with Gasteiger partial charge in [0.25, 0.3) is 0 Å². The maximum absolute atomic E-state index is 10.9. The molecule has 0 saturated heterocycles. The summed E-state index contributed by atoms with van der Waals surface area (Å²) in [7, 11) is 0. The highest BCUT2D eigenvalue weighted by Gasteiger charge is 2.23. The van der Waals surface area contributed by atoms with Gasteiger partial charge in [-0.3, -0.25) is 4.89 Å². The highest BCUT2D eigenvalue weighted by molar-refractivity contribution is 5.87. The number of hydrogen-bond donors (Lipinski definition) is 1. The molecule has 0 rings (SSSR count). The maximum atomic E-state index is 10.9. The van der Waals surface area contributed by atoms with E-state index >= 15 is 0 Å². The molecular weight excluding hydrogens is 200 g/mol. The van der Waals surface area contributed by atoms with E-state index < -0.39 is 11.8 Å². The zero-order chi connectivity index (χ0) is 11.9. The zero-order valence-corrected chi connectivity index (χ0v) is 9.57. The van der Waals surface area contributed by atoms with Crippen molar-refractivity contribution in [1.29, 1.82) is 0 Å². The minimum atomic E-state index is -0.970. The number of carbonyl (C=O) groups excluding carboxylic acids is 1. The Morgan fingerprint density at radius 3 is 2.13 bits per heavy atom. The largest absolute Gasteiger partial charge is 0.368 e. The molecule has 5 heteroatoms. The van der Waals surface area contributed by atoms with Crippen molar-refractivity contribution in [1.82, 2.24) is 0 Å². The molecule has 88 valence electrons. The van der Waals surface area contributed by atoms with Crippen molar-refractivity contribution >= 4 is 5.97 Å². The number of ether oxygens (including phenoxy) is 2. The van der Waals surface area contributed by atoms with E-state index in [2.05, 4.69) is 4.89 Å². The van der Waals surface area contributed by atoms with Crippen LogP contribution in [0.2, 0.25) is 0 Å². The molecule has 0 aromatic heterocycles. The van der Waals surface area contributed by atoms with Crippen LogP contribution in [0.1, 0.15) is 27.7 Å². The van der Waals surface area contributed by atoms with Crippen LogP contribution in [0, 0.1) is 0 Å². The predicted octanol–water partition coefficient (Wildman–Crippen LogP) is 1.74. The van der Waals surface area contributed by atoms with Gasteiger partial charge in [0.05, 0.1) is 0 Å². The predicted molar refractivity (Wildman–Crippen MR) is 54.1 cm³/mol. The first-order valence-electron chi connectivity index (χ1n) is 4.82. The van der Waals surface area contributed by atoms with Crippen LogP contribution in [-0.2, 0) is 19.2 Å². The summed E-state index contributed by atoms with van der Waals surface area (Å²) in [4.78, 5) is 14.5. The third kappa shape index (κ3) is 4.92. The Kier molecular flexibility index (Phi) is 6.15. The van der Waals surface area contributed by atoms with Crippen molar-refractivity contribution in [3.8, 4) is 0 Å². The normalized spacial score (nSPS) is 12.7. The SMILES string of the molecule is CCOC(C)(C=C(C)C(=O)OO)OCC. The summed E-state index contributed by atoms with van der Waals surface area (Å²) in [6, 6.07) is 0. The molecule has 0 aliphatic heterocycles. The van der Waals surface area contributed by atoms with Gasteiger partial charge < -0.3 is 9.47 Å². The van der Waals surface area contributed by atoms with Gasteiger partial charge in [0.15, 0.2) is 5.79 Å². The van der Waals surface area contributed by atoms with Gasteiger partial charge >= 0.3 is 5.97 Å². The molecule has 0 aliphatic rings. The van der Waals surface area contributed by atoms with Crippen LogP contribution < -0.4 is 0 Å². The molecule has 0 heterocycles. The zero-order valence-electron chi connectivity index (χ0n) is 9.57. The summed E-state index contributed by atoms with van der Waals surface area (Å²) in [5, 5.41) is 8.19. The summed E-state index contributed by atoms with van der Waals surface area (Å²) >= 11 is 0. The molecule has 1 N–H and O–H groups in total. The topological polar surface area (TPSA) is 65.0 Å². The van der Waals surface area contributed by atoms with E-state index in [9.17, 15) is 4.79 Å². The van der Waals surface area contributed by atoms with E-state index in [1.165, 1.54) is 13.0 Å². The molecule has 0 unspecified atom stereocenters. The lowest BCUT2D eigenvalue weighted by molar-refractivity contribution is -0.230. The van der Waals surface area contributed by atoms with Crippen LogP contribution in [-0.4, -0.2) is 30.2 Å². The number of hydrogen-bond acceptors (Lipinski definition) is 5. The molecule has 0 amide bonds. The third-order valence-electron chi connectivity index (χ3n) is 1.75. The van der Waals surface area contributed by atoms with Crippen LogP contribution in [0.4, 0.5) is 0 Å². The summed E-state index contributed by atoms with van der Waals surface area (Å²) in [5.41, 5.74) is 0.224. The van der Waals surface area contributed by atoms with E-state index in [1.807, 2.05) is 13.8 Å². The number of rotatable bonds is 6. The lowest BCUT2D eigenvalue weighted by atomic mass is 10.2. The van der Waals surface area contributed by atoms with Crippen LogP contribution in [0.25, 0.3) is 0 Å². The fourth-order valence-electron chi connectivity index (χ4n) is 1.22. The van der Waals surface area contributed by atoms with Gasteiger partial charge in [0.2, 0.25) is 0 Å². The number of carbonyl (C=O) groups is 1. The lowest BCUT2D eigenvalue weighted by Gasteiger charge is -2.26. The van der Waals surface area contributed by atoms with Crippen molar-refractivity contribution in [3.63, 3.8) is 0 Å². The Labute approximate surface area is 89.6 Å². The molecule has 0 aromatic rings. The van der Waals surface area contributed by atoms with Gasteiger partial charge in [-0.15, -0.1) is 0 Å². The average molecular weight is 218 g/mol. The standard InChI is InChI=1S/C10H18O5/c1-5-13-10(4,14-6-2)7-8(3)9(11)15-12/h7,12H,5-6H2,1-4H3.